The van der Waals surface area contributed by atoms with Crippen molar-refractivity contribution in [1.29, 1.82) is 0 Å². The fourth-order valence-corrected chi connectivity index (χ4v) is 1.84. The second-order valence-corrected chi connectivity index (χ2v) is 4.54. The molecule has 4 nitrogen and oxygen atoms in total. The van der Waals surface area contributed by atoms with Gasteiger partial charge in [0.15, 0.2) is 0 Å². The minimum Gasteiger partial charge on any atom is -0.354 e. The van der Waals surface area contributed by atoms with Gasteiger partial charge < -0.3 is 5.32 Å². The number of pyridine rings is 1. The van der Waals surface area contributed by atoms with Crippen molar-refractivity contribution in [3.8, 4) is 0 Å². The van der Waals surface area contributed by atoms with Crippen molar-refractivity contribution in [3.05, 3.63) is 47.0 Å². The summed E-state index contributed by atoms with van der Waals surface area (Å²) in [4.78, 5) is 13.3. The van der Waals surface area contributed by atoms with Crippen LogP contribution in [0.5, 0.6) is 0 Å². The summed E-state index contributed by atoms with van der Waals surface area (Å²) in [5.74, 6) is 0.688. The van der Waals surface area contributed by atoms with E-state index in [9.17, 15) is 0 Å². The SMILES string of the molecule is CCNc1ncc(C)c(Cc2ccc(CC)cn2)n1. The number of hydrogen-bond acceptors (Lipinski definition) is 4. The standard InChI is InChI=1S/C15H20N4/c1-4-12-6-7-13(17-10-12)8-14-11(3)9-18-15(19-14)16-5-2/h6-7,9-10H,4-5,8H2,1-3H3,(H,16,18,19). The molecule has 0 bridgehead atoms. The molecule has 0 fully saturated rings. The summed E-state index contributed by atoms with van der Waals surface area (Å²) in [5.41, 5.74) is 4.43. The Balaban J connectivity index is 2.18. The van der Waals surface area contributed by atoms with Crippen molar-refractivity contribution in [2.24, 2.45) is 0 Å². The number of rotatable bonds is 5. The molecule has 0 aliphatic carbocycles. The van der Waals surface area contributed by atoms with Crippen LogP contribution < -0.4 is 5.32 Å². The van der Waals surface area contributed by atoms with Crippen LogP contribution in [0.4, 0.5) is 5.95 Å². The van der Waals surface area contributed by atoms with Gasteiger partial charge in [0.2, 0.25) is 5.95 Å². The molecule has 0 saturated heterocycles. The second kappa shape index (κ2) is 6.27. The zero-order valence-corrected chi connectivity index (χ0v) is 11.8. The molecule has 2 aromatic rings. The molecule has 0 amide bonds. The van der Waals surface area contributed by atoms with Gasteiger partial charge in [-0.1, -0.05) is 13.0 Å². The fourth-order valence-electron chi connectivity index (χ4n) is 1.84. The highest BCUT2D eigenvalue weighted by Gasteiger charge is 2.05. The monoisotopic (exact) mass is 256 g/mol. The van der Waals surface area contributed by atoms with E-state index >= 15 is 0 Å². The van der Waals surface area contributed by atoms with Crippen LogP contribution in [0, 0.1) is 6.92 Å². The molecule has 19 heavy (non-hydrogen) atoms. The fraction of sp³-hybridized carbons (Fsp3) is 0.400. The summed E-state index contributed by atoms with van der Waals surface area (Å²) in [7, 11) is 0. The normalized spacial score (nSPS) is 10.5. The van der Waals surface area contributed by atoms with E-state index in [2.05, 4.69) is 39.3 Å². The van der Waals surface area contributed by atoms with Crippen molar-refractivity contribution in [3.63, 3.8) is 0 Å². The number of hydrogen-bond donors (Lipinski definition) is 1. The third kappa shape index (κ3) is 3.50. The molecular weight excluding hydrogens is 236 g/mol. The van der Waals surface area contributed by atoms with Gasteiger partial charge >= 0.3 is 0 Å². The van der Waals surface area contributed by atoms with Crippen LogP contribution in [-0.4, -0.2) is 21.5 Å². The molecule has 4 heteroatoms. The number of nitrogens with one attached hydrogen (secondary N) is 1. The second-order valence-electron chi connectivity index (χ2n) is 4.54. The van der Waals surface area contributed by atoms with E-state index in [1.165, 1.54) is 5.56 Å². The number of aryl methyl sites for hydroxylation is 2. The van der Waals surface area contributed by atoms with Crippen molar-refractivity contribution < 1.29 is 0 Å². The molecule has 0 unspecified atom stereocenters. The minimum atomic E-state index is 0.688. The molecule has 2 heterocycles. The van der Waals surface area contributed by atoms with Crippen LogP contribution >= 0.6 is 0 Å². The van der Waals surface area contributed by atoms with Crippen LogP contribution in [0.15, 0.2) is 24.5 Å². The first-order chi connectivity index (χ1) is 9.22. The smallest absolute Gasteiger partial charge is 0.222 e. The summed E-state index contributed by atoms with van der Waals surface area (Å²) >= 11 is 0. The third-order valence-corrected chi connectivity index (χ3v) is 3.05. The van der Waals surface area contributed by atoms with Gasteiger partial charge in [-0.2, -0.15) is 0 Å². The number of nitrogens with zero attached hydrogens (tertiary/aromatic N) is 3. The van der Waals surface area contributed by atoms with Gasteiger partial charge in [-0.05, 0) is 37.5 Å². The molecule has 1 N–H and O–H groups in total. The van der Waals surface area contributed by atoms with E-state index in [1.807, 2.05) is 26.2 Å². The van der Waals surface area contributed by atoms with Crippen LogP contribution in [0.1, 0.15) is 36.4 Å². The Hall–Kier alpha value is -1.97. The van der Waals surface area contributed by atoms with E-state index in [0.29, 0.717) is 5.95 Å². The average Bonchev–Trinajstić information content (AvgIpc) is 2.44. The maximum absolute atomic E-state index is 4.54. The topological polar surface area (TPSA) is 50.7 Å². The van der Waals surface area contributed by atoms with Gasteiger partial charge in [-0.25, -0.2) is 9.97 Å². The summed E-state index contributed by atoms with van der Waals surface area (Å²) in [6, 6.07) is 4.21. The van der Waals surface area contributed by atoms with E-state index < -0.39 is 0 Å². The Bertz CT molecular complexity index is 534. The summed E-state index contributed by atoms with van der Waals surface area (Å²) in [5, 5.41) is 3.14. The lowest BCUT2D eigenvalue weighted by Gasteiger charge is -2.08. The van der Waals surface area contributed by atoms with Gasteiger partial charge in [-0.3, -0.25) is 4.98 Å². The molecule has 0 aromatic carbocycles. The maximum Gasteiger partial charge on any atom is 0.222 e. The average molecular weight is 256 g/mol. The number of anilines is 1. The summed E-state index contributed by atoms with van der Waals surface area (Å²) in [6.45, 7) is 7.03. The largest absolute Gasteiger partial charge is 0.354 e. The van der Waals surface area contributed by atoms with Crippen molar-refractivity contribution in [1.82, 2.24) is 15.0 Å². The zero-order chi connectivity index (χ0) is 13.7. The molecule has 2 rings (SSSR count). The van der Waals surface area contributed by atoms with E-state index in [4.69, 9.17) is 0 Å². The van der Waals surface area contributed by atoms with Crippen molar-refractivity contribution >= 4 is 5.95 Å². The van der Waals surface area contributed by atoms with Crippen molar-refractivity contribution in [2.75, 3.05) is 11.9 Å². The Morgan fingerprint density at radius 1 is 1.11 bits per heavy atom. The molecule has 0 aliphatic heterocycles. The molecular formula is C15H20N4. The Morgan fingerprint density at radius 2 is 1.95 bits per heavy atom. The Labute approximate surface area is 114 Å². The summed E-state index contributed by atoms with van der Waals surface area (Å²) < 4.78 is 0. The molecule has 0 radical (unpaired) electrons. The third-order valence-electron chi connectivity index (χ3n) is 3.05. The first kappa shape index (κ1) is 13.5. The number of aromatic nitrogens is 3. The minimum absolute atomic E-state index is 0.688. The van der Waals surface area contributed by atoms with Crippen LogP contribution in [-0.2, 0) is 12.8 Å². The van der Waals surface area contributed by atoms with Gasteiger partial charge in [-0.15, -0.1) is 0 Å². The van der Waals surface area contributed by atoms with Gasteiger partial charge in [0.1, 0.15) is 0 Å². The first-order valence-electron chi connectivity index (χ1n) is 6.73. The molecule has 100 valence electrons. The molecule has 2 aromatic heterocycles. The Morgan fingerprint density at radius 3 is 2.58 bits per heavy atom. The predicted octanol–water partition coefficient (Wildman–Crippen LogP) is 2.77. The van der Waals surface area contributed by atoms with Gasteiger partial charge in [0.05, 0.1) is 5.69 Å². The highest BCUT2D eigenvalue weighted by Crippen LogP contribution is 2.12. The van der Waals surface area contributed by atoms with E-state index in [1.54, 1.807) is 0 Å². The quantitative estimate of drug-likeness (QED) is 0.893. The zero-order valence-electron chi connectivity index (χ0n) is 11.8. The van der Waals surface area contributed by atoms with Gasteiger partial charge in [0, 0.05) is 31.1 Å². The highest BCUT2D eigenvalue weighted by molar-refractivity contribution is 5.31. The van der Waals surface area contributed by atoms with Crippen LogP contribution in [0.2, 0.25) is 0 Å². The molecule has 0 atom stereocenters. The molecule has 0 aliphatic rings. The predicted molar refractivity (Wildman–Crippen MR) is 77.4 cm³/mol. The molecule has 0 spiro atoms. The Kier molecular flexibility index (Phi) is 4.44. The van der Waals surface area contributed by atoms with Gasteiger partial charge in [0.25, 0.3) is 0 Å². The molecule has 0 saturated carbocycles. The summed E-state index contributed by atoms with van der Waals surface area (Å²) in [6.07, 6.45) is 5.57. The van der Waals surface area contributed by atoms with Crippen LogP contribution in [0.25, 0.3) is 0 Å². The lowest BCUT2D eigenvalue weighted by Crippen LogP contribution is -2.06. The first-order valence-corrected chi connectivity index (χ1v) is 6.73. The van der Waals surface area contributed by atoms with Crippen LogP contribution in [0.3, 0.4) is 0 Å². The highest BCUT2D eigenvalue weighted by atomic mass is 15.1. The lowest BCUT2D eigenvalue weighted by atomic mass is 10.1. The maximum atomic E-state index is 4.54. The van der Waals surface area contributed by atoms with Crippen molar-refractivity contribution in [2.45, 2.75) is 33.6 Å². The van der Waals surface area contributed by atoms with E-state index in [-0.39, 0.29) is 0 Å². The van der Waals surface area contributed by atoms with E-state index in [0.717, 1.165) is 36.3 Å². The lowest BCUT2D eigenvalue weighted by molar-refractivity contribution is 0.947.